The van der Waals surface area contributed by atoms with E-state index in [4.69, 9.17) is 4.74 Å². The molecule has 1 saturated heterocycles. The Bertz CT molecular complexity index is 172. The zero-order valence-corrected chi connectivity index (χ0v) is 7.76. The lowest BCUT2D eigenvalue weighted by atomic mass is 10.1. The number of hydrogen-bond acceptors (Lipinski definition) is 3. The molecule has 0 saturated carbocycles. The molecular weight excluding hydrogens is 154 g/mol. The second-order valence-corrected chi connectivity index (χ2v) is 3.37. The van der Waals surface area contributed by atoms with E-state index in [0.717, 1.165) is 13.1 Å². The van der Waals surface area contributed by atoms with Crippen LogP contribution in [-0.2, 0) is 4.74 Å². The average Bonchev–Trinajstić information content (AvgIpc) is 2.32. The first-order valence-corrected chi connectivity index (χ1v) is 4.25. The smallest absolute Gasteiger partial charge is 0.107 e. The maximum atomic E-state index is 5.67. The maximum Gasteiger partial charge on any atom is 0.107 e. The van der Waals surface area contributed by atoms with Crippen LogP contribution in [0, 0.1) is 0 Å². The second-order valence-electron chi connectivity index (χ2n) is 3.37. The van der Waals surface area contributed by atoms with Crippen LogP contribution in [0.3, 0.4) is 0 Å². The lowest BCUT2D eigenvalue weighted by molar-refractivity contribution is -0.275. The average molecular weight is 172 g/mol. The highest BCUT2D eigenvalue weighted by Gasteiger charge is 2.32. The summed E-state index contributed by atoms with van der Waals surface area (Å²) >= 11 is 0. The SMILES string of the molecule is CC1NCC(C)(CNC=C[NH3+])O1. The van der Waals surface area contributed by atoms with Crippen molar-refractivity contribution in [2.75, 3.05) is 13.1 Å². The van der Waals surface area contributed by atoms with Gasteiger partial charge in [0.15, 0.2) is 0 Å². The number of rotatable bonds is 3. The first-order chi connectivity index (χ1) is 5.66. The molecule has 4 heteroatoms. The highest BCUT2D eigenvalue weighted by atomic mass is 16.5. The predicted octanol–water partition coefficient (Wildman–Crippen LogP) is -0.986. The Hall–Kier alpha value is -0.580. The third-order valence-corrected chi connectivity index (χ3v) is 1.94. The molecule has 2 atom stereocenters. The topological polar surface area (TPSA) is 60.9 Å². The molecule has 70 valence electrons. The molecule has 1 aliphatic heterocycles. The van der Waals surface area contributed by atoms with Crippen LogP contribution in [0.5, 0.6) is 0 Å². The van der Waals surface area contributed by atoms with Crippen molar-refractivity contribution in [2.24, 2.45) is 0 Å². The number of quaternary nitrogens is 1. The highest BCUT2D eigenvalue weighted by Crippen LogP contribution is 2.16. The minimum atomic E-state index is -0.0844. The fourth-order valence-electron chi connectivity index (χ4n) is 1.33. The Morgan fingerprint density at radius 1 is 1.83 bits per heavy atom. The molecule has 0 bridgehead atoms. The molecule has 12 heavy (non-hydrogen) atoms. The van der Waals surface area contributed by atoms with Gasteiger partial charge in [0.1, 0.15) is 12.4 Å². The van der Waals surface area contributed by atoms with Gasteiger partial charge in [0.25, 0.3) is 0 Å². The van der Waals surface area contributed by atoms with Crippen LogP contribution in [0.2, 0.25) is 0 Å². The third-order valence-electron chi connectivity index (χ3n) is 1.94. The molecule has 0 radical (unpaired) electrons. The van der Waals surface area contributed by atoms with Crippen molar-refractivity contribution >= 4 is 0 Å². The molecule has 1 aliphatic rings. The summed E-state index contributed by atoms with van der Waals surface area (Å²) in [5.74, 6) is 0. The van der Waals surface area contributed by atoms with E-state index in [2.05, 4.69) is 23.3 Å². The summed E-state index contributed by atoms with van der Waals surface area (Å²) in [7, 11) is 0. The van der Waals surface area contributed by atoms with Crippen molar-refractivity contribution in [2.45, 2.75) is 25.7 Å². The van der Waals surface area contributed by atoms with E-state index >= 15 is 0 Å². The van der Waals surface area contributed by atoms with Gasteiger partial charge in [-0.2, -0.15) is 0 Å². The predicted molar refractivity (Wildman–Crippen MR) is 47.0 cm³/mol. The summed E-state index contributed by atoms with van der Waals surface area (Å²) in [5, 5.41) is 6.37. The Morgan fingerprint density at radius 2 is 2.58 bits per heavy atom. The number of hydrogen-bond donors (Lipinski definition) is 3. The highest BCUT2D eigenvalue weighted by molar-refractivity contribution is 4.88. The zero-order chi connectivity index (χ0) is 9.03. The molecule has 1 heterocycles. The number of ether oxygens (including phenoxy) is 1. The van der Waals surface area contributed by atoms with Crippen LogP contribution in [0.1, 0.15) is 13.8 Å². The van der Waals surface area contributed by atoms with E-state index in [0.29, 0.717) is 0 Å². The van der Waals surface area contributed by atoms with E-state index in [1.54, 1.807) is 6.20 Å². The van der Waals surface area contributed by atoms with Crippen molar-refractivity contribution < 1.29 is 10.5 Å². The molecule has 2 unspecified atom stereocenters. The molecule has 0 aliphatic carbocycles. The van der Waals surface area contributed by atoms with E-state index in [1.165, 1.54) is 0 Å². The third kappa shape index (κ3) is 2.48. The van der Waals surface area contributed by atoms with Gasteiger partial charge in [-0.15, -0.1) is 0 Å². The van der Waals surface area contributed by atoms with Gasteiger partial charge in [-0.3, -0.25) is 5.32 Å². The van der Waals surface area contributed by atoms with Gasteiger partial charge < -0.3 is 15.8 Å². The van der Waals surface area contributed by atoms with Crippen molar-refractivity contribution in [3.8, 4) is 0 Å². The first kappa shape index (κ1) is 9.51. The zero-order valence-electron chi connectivity index (χ0n) is 7.76. The largest absolute Gasteiger partial charge is 0.384 e. The minimum absolute atomic E-state index is 0.0844. The molecule has 0 spiro atoms. The molecule has 1 fully saturated rings. The van der Waals surface area contributed by atoms with Crippen LogP contribution in [0.25, 0.3) is 0 Å². The summed E-state index contributed by atoms with van der Waals surface area (Å²) in [5.41, 5.74) is 3.50. The molecule has 0 aromatic rings. The Kier molecular flexibility index (Phi) is 3.08. The number of nitrogens with one attached hydrogen (secondary N) is 2. The Morgan fingerprint density at radius 3 is 3.08 bits per heavy atom. The normalized spacial score (nSPS) is 36.1. The van der Waals surface area contributed by atoms with Gasteiger partial charge in [-0.25, -0.2) is 0 Å². The molecular formula is C8H18N3O+. The monoisotopic (exact) mass is 172 g/mol. The summed E-state index contributed by atoms with van der Waals surface area (Å²) < 4.78 is 5.67. The fraction of sp³-hybridized carbons (Fsp3) is 0.750. The van der Waals surface area contributed by atoms with Crippen LogP contribution in [0.4, 0.5) is 0 Å². The van der Waals surface area contributed by atoms with E-state index in [-0.39, 0.29) is 11.8 Å². The first-order valence-electron chi connectivity index (χ1n) is 4.25. The summed E-state index contributed by atoms with van der Waals surface area (Å²) in [6, 6.07) is 0. The van der Waals surface area contributed by atoms with E-state index in [9.17, 15) is 0 Å². The van der Waals surface area contributed by atoms with Crippen molar-refractivity contribution in [1.29, 1.82) is 0 Å². The minimum Gasteiger partial charge on any atom is -0.384 e. The molecule has 4 nitrogen and oxygen atoms in total. The van der Waals surface area contributed by atoms with Crippen molar-refractivity contribution in [3.63, 3.8) is 0 Å². The summed E-state index contributed by atoms with van der Waals surface area (Å²) in [6.45, 7) is 5.82. The lowest BCUT2D eigenvalue weighted by Gasteiger charge is -2.22. The Balaban J connectivity index is 2.30. The summed E-state index contributed by atoms with van der Waals surface area (Å²) in [6.07, 6.45) is 3.73. The van der Waals surface area contributed by atoms with Gasteiger partial charge in [-0.1, -0.05) is 0 Å². The standard InChI is InChI=1S/C8H17N3O/c1-7-11-6-8(2,12-7)5-10-4-3-9/h3-4,7,10-11H,5-6,9H2,1-2H3/p+1. The van der Waals surface area contributed by atoms with Gasteiger partial charge in [-0.05, 0) is 13.8 Å². The molecule has 5 N–H and O–H groups in total. The molecule has 0 amide bonds. The van der Waals surface area contributed by atoms with Crippen LogP contribution < -0.4 is 16.4 Å². The van der Waals surface area contributed by atoms with Crippen LogP contribution in [-0.4, -0.2) is 24.9 Å². The van der Waals surface area contributed by atoms with Crippen LogP contribution >= 0.6 is 0 Å². The molecule has 0 aromatic heterocycles. The van der Waals surface area contributed by atoms with Gasteiger partial charge in [0.2, 0.25) is 0 Å². The van der Waals surface area contributed by atoms with Crippen LogP contribution in [0.15, 0.2) is 12.4 Å². The van der Waals surface area contributed by atoms with E-state index < -0.39 is 0 Å². The second kappa shape index (κ2) is 3.89. The van der Waals surface area contributed by atoms with Gasteiger partial charge >= 0.3 is 0 Å². The maximum absolute atomic E-state index is 5.67. The fourth-order valence-corrected chi connectivity index (χ4v) is 1.33. The van der Waals surface area contributed by atoms with Gasteiger partial charge in [0.05, 0.1) is 11.8 Å². The Labute approximate surface area is 73.2 Å². The molecule has 1 rings (SSSR count). The molecule has 0 aromatic carbocycles. The van der Waals surface area contributed by atoms with E-state index in [1.807, 2.05) is 13.1 Å². The quantitative estimate of drug-likeness (QED) is 0.512. The lowest BCUT2D eigenvalue weighted by Crippen LogP contribution is -2.42. The summed E-state index contributed by atoms with van der Waals surface area (Å²) in [4.78, 5) is 0. The van der Waals surface area contributed by atoms with Crippen molar-refractivity contribution in [3.05, 3.63) is 12.4 Å². The van der Waals surface area contributed by atoms with Crippen molar-refractivity contribution in [1.82, 2.24) is 10.6 Å². The van der Waals surface area contributed by atoms with Gasteiger partial charge in [0, 0.05) is 13.1 Å².